The van der Waals surface area contributed by atoms with Crippen molar-refractivity contribution in [3.05, 3.63) is 58.4 Å². The van der Waals surface area contributed by atoms with E-state index in [2.05, 4.69) is 4.98 Å². The highest BCUT2D eigenvalue weighted by Gasteiger charge is 2.18. The van der Waals surface area contributed by atoms with Crippen LogP contribution in [0.25, 0.3) is 0 Å². The number of carbonyl (C=O) groups is 1. The van der Waals surface area contributed by atoms with E-state index in [9.17, 15) is 4.79 Å². The van der Waals surface area contributed by atoms with Crippen LogP contribution < -0.4 is 4.74 Å². The normalized spacial score (nSPS) is 10.7. The van der Waals surface area contributed by atoms with E-state index in [0.29, 0.717) is 16.3 Å². The van der Waals surface area contributed by atoms with Gasteiger partial charge in [0.2, 0.25) is 0 Å². The van der Waals surface area contributed by atoms with E-state index >= 15 is 0 Å². The van der Waals surface area contributed by atoms with Crippen molar-refractivity contribution in [1.29, 1.82) is 0 Å². The minimum absolute atomic E-state index is 0.213. The quantitative estimate of drug-likeness (QED) is 0.621. The summed E-state index contributed by atoms with van der Waals surface area (Å²) in [5, 5.41) is 0.480. The lowest BCUT2D eigenvalue weighted by molar-refractivity contribution is 0.0732. The van der Waals surface area contributed by atoms with Crippen LogP contribution in [-0.2, 0) is 0 Å². The van der Waals surface area contributed by atoms with Crippen molar-refractivity contribution in [2.45, 2.75) is 26.7 Å². The van der Waals surface area contributed by atoms with Gasteiger partial charge in [-0.25, -0.2) is 4.79 Å². The van der Waals surface area contributed by atoms with Gasteiger partial charge in [0.15, 0.2) is 5.75 Å². The Morgan fingerprint density at radius 2 is 2.05 bits per heavy atom. The fraction of sp³-hybridized carbons (Fsp3) is 0.250. The summed E-state index contributed by atoms with van der Waals surface area (Å²) in [5.41, 5.74) is 2.20. The summed E-state index contributed by atoms with van der Waals surface area (Å²) in [5.74, 6) is 0.202. The van der Waals surface area contributed by atoms with Gasteiger partial charge in [-0.1, -0.05) is 37.6 Å². The lowest BCUT2D eigenvalue weighted by Crippen LogP contribution is -2.11. The van der Waals surface area contributed by atoms with Crippen molar-refractivity contribution < 1.29 is 9.53 Å². The van der Waals surface area contributed by atoms with Crippen LogP contribution in [0.2, 0.25) is 5.02 Å². The Kier molecular flexibility index (Phi) is 4.40. The van der Waals surface area contributed by atoms with Gasteiger partial charge in [0, 0.05) is 12.4 Å². The van der Waals surface area contributed by atoms with Crippen molar-refractivity contribution in [3.63, 3.8) is 0 Å². The first-order valence-corrected chi connectivity index (χ1v) is 6.79. The smallest absolute Gasteiger partial charge is 0.345 e. The Hall–Kier alpha value is -1.87. The first-order valence-electron chi connectivity index (χ1n) is 6.42. The van der Waals surface area contributed by atoms with Crippen LogP contribution in [0.3, 0.4) is 0 Å². The molecule has 4 heteroatoms. The van der Waals surface area contributed by atoms with E-state index in [4.69, 9.17) is 16.3 Å². The second kappa shape index (κ2) is 6.06. The Balaban J connectivity index is 2.38. The summed E-state index contributed by atoms with van der Waals surface area (Å²) in [6.45, 7) is 5.94. The second-order valence-corrected chi connectivity index (χ2v) is 5.28. The van der Waals surface area contributed by atoms with E-state index in [0.717, 1.165) is 11.1 Å². The Bertz CT molecular complexity index is 624. The second-order valence-electron chi connectivity index (χ2n) is 4.90. The molecule has 0 radical (unpaired) electrons. The van der Waals surface area contributed by atoms with Crippen molar-refractivity contribution in [1.82, 2.24) is 4.98 Å². The number of nitrogens with zero attached hydrogens (tertiary/aromatic N) is 1. The zero-order valence-corrected chi connectivity index (χ0v) is 12.4. The monoisotopic (exact) mass is 289 g/mol. The van der Waals surface area contributed by atoms with Gasteiger partial charge in [-0.3, -0.25) is 4.98 Å². The number of hydrogen-bond donors (Lipinski definition) is 0. The maximum absolute atomic E-state index is 12.1. The molecule has 0 N–H and O–H groups in total. The van der Waals surface area contributed by atoms with Gasteiger partial charge in [-0.2, -0.15) is 0 Å². The summed E-state index contributed by atoms with van der Waals surface area (Å²) in [6, 6.07) is 7.22. The van der Waals surface area contributed by atoms with Crippen molar-refractivity contribution in [2.24, 2.45) is 0 Å². The maximum atomic E-state index is 12.1. The van der Waals surface area contributed by atoms with Gasteiger partial charge in [-0.05, 0) is 36.1 Å². The Morgan fingerprint density at radius 3 is 2.65 bits per heavy atom. The topological polar surface area (TPSA) is 39.2 Å². The zero-order chi connectivity index (χ0) is 14.7. The number of pyridine rings is 1. The molecule has 0 spiro atoms. The predicted octanol–water partition coefficient (Wildman–Crippen LogP) is 4.39. The molecule has 0 saturated carbocycles. The molecule has 1 aromatic carbocycles. The zero-order valence-electron chi connectivity index (χ0n) is 11.7. The standard InChI is InChI=1S/C16H16ClNO2/c1-10(2)13-7-6-11(3)14(17)15(13)20-16(19)12-5-4-8-18-9-12/h4-10H,1-3H3. The van der Waals surface area contributed by atoms with Gasteiger partial charge in [0.1, 0.15) is 0 Å². The van der Waals surface area contributed by atoms with Crippen LogP contribution in [-0.4, -0.2) is 11.0 Å². The highest BCUT2D eigenvalue weighted by atomic mass is 35.5. The van der Waals surface area contributed by atoms with Crippen LogP contribution >= 0.6 is 11.6 Å². The molecule has 0 atom stereocenters. The fourth-order valence-corrected chi connectivity index (χ4v) is 2.07. The Morgan fingerprint density at radius 1 is 1.30 bits per heavy atom. The number of aromatic nitrogens is 1. The lowest BCUT2D eigenvalue weighted by Gasteiger charge is -2.15. The molecule has 2 rings (SSSR count). The van der Waals surface area contributed by atoms with E-state index in [1.165, 1.54) is 6.20 Å². The van der Waals surface area contributed by atoms with Crippen molar-refractivity contribution >= 4 is 17.6 Å². The first-order chi connectivity index (χ1) is 9.50. The molecule has 0 aliphatic carbocycles. The number of rotatable bonds is 3. The molecule has 0 aliphatic rings. The number of aryl methyl sites for hydroxylation is 1. The molecule has 0 unspecified atom stereocenters. The van der Waals surface area contributed by atoms with E-state index in [-0.39, 0.29) is 5.92 Å². The molecule has 1 aromatic heterocycles. The van der Waals surface area contributed by atoms with Gasteiger partial charge in [0.05, 0.1) is 10.6 Å². The molecule has 20 heavy (non-hydrogen) atoms. The van der Waals surface area contributed by atoms with Crippen LogP contribution in [0.15, 0.2) is 36.7 Å². The summed E-state index contributed by atoms with van der Waals surface area (Å²) in [7, 11) is 0. The molecular formula is C16H16ClNO2. The molecular weight excluding hydrogens is 274 g/mol. The third-order valence-corrected chi connectivity index (χ3v) is 3.50. The van der Waals surface area contributed by atoms with E-state index < -0.39 is 5.97 Å². The minimum atomic E-state index is -0.451. The SMILES string of the molecule is Cc1ccc(C(C)C)c(OC(=O)c2cccnc2)c1Cl. The summed E-state index contributed by atoms with van der Waals surface area (Å²) in [6.07, 6.45) is 3.08. The molecule has 2 aromatic rings. The highest BCUT2D eigenvalue weighted by molar-refractivity contribution is 6.33. The largest absolute Gasteiger partial charge is 0.421 e. The van der Waals surface area contributed by atoms with Crippen LogP contribution in [0.5, 0.6) is 5.75 Å². The lowest BCUT2D eigenvalue weighted by atomic mass is 10.0. The molecule has 3 nitrogen and oxygen atoms in total. The molecule has 0 amide bonds. The van der Waals surface area contributed by atoms with Gasteiger partial charge < -0.3 is 4.74 Å². The first kappa shape index (κ1) is 14.5. The Labute approximate surface area is 123 Å². The van der Waals surface area contributed by atoms with Crippen molar-refractivity contribution in [2.75, 3.05) is 0 Å². The van der Waals surface area contributed by atoms with Gasteiger partial charge >= 0.3 is 5.97 Å². The van der Waals surface area contributed by atoms with Gasteiger partial charge in [0.25, 0.3) is 0 Å². The molecule has 1 heterocycles. The van der Waals surface area contributed by atoms with Crippen LogP contribution in [0.1, 0.15) is 41.3 Å². The predicted molar refractivity (Wildman–Crippen MR) is 79.5 cm³/mol. The summed E-state index contributed by atoms with van der Waals surface area (Å²) in [4.78, 5) is 16.0. The highest BCUT2D eigenvalue weighted by Crippen LogP contribution is 2.36. The number of ether oxygens (including phenoxy) is 1. The van der Waals surface area contributed by atoms with E-state index in [1.54, 1.807) is 18.3 Å². The minimum Gasteiger partial charge on any atom is -0.421 e. The average Bonchev–Trinajstić information content (AvgIpc) is 2.44. The average molecular weight is 290 g/mol. The number of benzene rings is 1. The molecule has 0 saturated heterocycles. The van der Waals surface area contributed by atoms with E-state index in [1.807, 2.05) is 32.9 Å². The molecule has 0 fully saturated rings. The molecule has 0 bridgehead atoms. The van der Waals surface area contributed by atoms with Crippen LogP contribution in [0, 0.1) is 6.92 Å². The number of hydrogen-bond acceptors (Lipinski definition) is 3. The molecule has 0 aliphatic heterocycles. The summed E-state index contributed by atoms with van der Waals surface area (Å²) >= 11 is 6.28. The maximum Gasteiger partial charge on any atom is 0.345 e. The van der Waals surface area contributed by atoms with Gasteiger partial charge in [-0.15, -0.1) is 0 Å². The third-order valence-electron chi connectivity index (χ3n) is 3.03. The fourth-order valence-electron chi connectivity index (χ4n) is 1.86. The third kappa shape index (κ3) is 2.99. The van der Waals surface area contributed by atoms with Crippen molar-refractivity contribution in [3.8, 4) is 5.75 Å². The number of esters is 1. The summed E-state index contributed by atoms with van der Waals surface area (Å²) < 4.78 is 5.49. The number of carbonyl (C=O) groups excluding carboxylic acids is 1. The van der Waals surface area contributed by atoms with Crippen LogP contribution in [0.4, 0.5) is 0 Å². The number of halogens is 1. The molecule has 104 valence electrons.